The van der Waals surface area contributed by atoms with Gasteiger partial charge < -0.3 is 10.1 Å². The lowest BCUT2D eigenvalue weighted by Gasteiger charge is -2.21. The molecule has 0 aliphatic heterocycles. The first-order chi connectivity index (χ1) is 11.8. The summed E-state index contributed by atoms with van der Waals surface area (Å²) >= 11 is 0. The van der Waals surface area contributed by atoms with Gasteiger partial charge in [-0.05, 0) is 56.3 Å². The summed E-state index contributed by atoms with van der Waals surface area (Å²) in [5.74, 6) is 0.303. The molecule has 0 radical (unpaired) electrons. The van der Waals surface area contributed by atoms with Gasteiger partial charge in [0.15, 0.2) is 0 Å². The van der Waals surface area contributed by atoms with Gasteiger partial charge in [0.25, 0.3) is 5.91 Å². The molecule has 134 valence electrons. The molecule has 6 nitrogen and oxygen atoms in total. The Balaban J connectivity index is 2.24. The van der Waals surface area contributed by atoms with Gasteiger partial charge in [0.1, 0.15) is 5.75 Å². The van der Waals surface area contributed by atoms with Crippen LogP contribution in [0.15, 0.2) is 53.4 Å². The van der Waals surface area contributed by atoms with Gasteiger partial charge in [-0.15, -0.1) is 0 Å². The molecule has 1 N–H and O–H groups in total. The number of rotatable bonds is 6. The molecule has 0 unspecified atom stereocenters. The quantitative estimate of drug-likeness (QED) is 0.857. The van der Waals surface area contributed by atoms with E-state index in [2.05, 4.69) is 5.32 Å². The summed E-state index contributed by atoms with van der Waals surface area (Å²) < 4.78 is 31.5. The maximum Gasteiger partial charge on any atom is 0.255 e. The molecule has 7 heteroatoms. The lowest BCUT2D eigenvalue weighted by atomic mass is 10.2. The first-order valence-corrected chi connectivity index (χ1v) is 9.23. The number of nitrogens with zero attached hydrogens (tertiary/aromatic N) is 1. The number of hydrogen-bond acceptors (Lipinski definition) is 4. The van der Waals surface area contributed by atoms with Crippen LogP contribution in [-0.2, 0) is 10.0 Å². The molecule has 2 rings (SSSR count). The zero-order valence-electron chi connectivity index (χ0n) is 14.7. The first kappa shape index (κ1) is 19.0. The fourth-order valence-corrected chi connectivity index (χ4v) is 3.53. The van der Waals surface area contributed by atoms with Gasteiger partial charge in [0.05, 0.1) is 12.0 Å². The largest absolute Gasteiger partial charge is 0.497 e. The average molecular weight is 362 g/mol. The summed E-state index contributed by atoms with van der Waals surface area (Å²) in [7, 11) is -0.558. The van der Waals surface area contributed by atoms with Gasteiger partial charge in [-0.3, -0.25) is 4.79 Å². The normalized spacial score (nSPS) is 11.6. The Morgan fingerprint density at radius 2 is 1.76 bits per heavy atom. The van der Waals surface area contributed by atoms with E-state index in [0.717, 1.165) is 0 Å². The van der Waals surface area contributed by atoms with Crippen LogP contribution >= 0.6 is 0 Å². The third kappa shape index (κ3) is 4.37. The molecular weight excluding hydrogens is 340 g/mol. The molecule has 0 saturated carbocycles. The predicted molar refractivity (Wildman–Crippen MR) is 97.5 cm³/mol. The van der Waals surface area contributed by atoms with Crippen molar-refractivity contribution in [3.63, 3.8) is 0 Å². The fourth-order valence-electron chi connectivity index (χ4n) is 2.12. The van der Waals surface area contributed by atoms with Gasteiger partial charge >= 0.3 is 0 Å². The minimum absolute atomic E-state index is 0.0890. The van der Waals surface area contributed by atoms with Gasteiger partial charge in [0.2, 0.25) is 10.0 Å². The number of amides is 1. The summed E-state index contributed by atoms with van der Waals surface area (Å²) in [5, 5.41) is 2.74. The van der Waals surface area contributed by atoms with Crippen LogP contribution in [0, 0.1) is 0 Å². The minimum Gasteiger partial charge on any atom is -0.497 e. The van der Waals surface area contributed by atoms with Crippen molar-refractivity contribution < 1.29 is 17.9 Å². The van der Waals surface area contributed by atoms with Gasteiger partial charge in [-0.2, -0.15) is 4.31 Å². The van der Waals surface area contributed by atoms with Gasteiger partial charge in [-0.1, -0.05) is 6.07 Å². The minimum atomic E-state index is -3.64. The monoisotopic (exact) mass is 362 g/mol. The highest BCUT2D eigenvalue weighted by Crippen LogP contribution is 2.20. The smallest absolute Gasteiger partial charge is 0.255 e. The van der Waals surface area contributed by atoms with Crippen molar-refractivity contribution >= 4 is 21.6 Å². The zero-order chi connectivity index (χ0) is 18.6. The third-order valence-electron chi connectivity index (χ3n) is 3.85. The second-order valence-corrected chi connectivity index (χ2v) is 7.82. The van der Waals surface area contributed by atoms with Gasteiger partial charge in [-0.25, -0.2) is 8.42 Å². The topological polar surface area (TPSA) is 75.7 Å². The highest BCUT2D eigenvalue weighted by Gasteiger charge is 2.23. The number of benzene rings is 2. The number of carbonyl (C=O) groups excluding carboxylic acids is 1. The van der Waals surface area contributed by atoms with Crippen LogP contribution in [0.5, 0.6) is 5.75 Å². The molecule has 2 aromatic rings. The molecule has 0 aliphatic carbocycles. The summed E-state index contributed by atoms with van der Waals surface area (Å²) in [6.45, 7) is 3.58. The lowest BCUT2D eigenvalue weighted by Crippen LogP contribution is -2.33. The van der Waals surface area contributed by atoms with E-state index in [-0.39, 0.29) is 22.4 Å². The lowest BCUT2D eigenvalue weighted by molar-refractivity contribution is 0.102. The Bertz CT molecular complexity index is 846. The van der Waals surface area contributed by atoms with Crippen molar-refractivity contribution in [2.45, 2.75) is 24.8 Å². The van der Waals surface area contributed by atoms with Crippen molar-refractivity contribution in [2.24, 2.45) is 0 Å². The average Bonchev–Trinajstić information content (AvgIpc) is 2.61. The van der Waals surface area contributed by atoms with E-state index < -0.39 is 10.0 Å². The van der Waals surface area contributed by atoms with E-state index >= 15 is 0 Å². The Hall–Kier alpha value is -2.38. The summed E-state index contributed by atoms with van der Waals surface area (Å²) in [6.07, 6.45) is 0. The first-order valence-electron chi connectivity index (χ1n) is 7.79. The number of carbonyl (C=O) groups is 1. The zero-order valence-corrected chi connectivity index (χ0v) is 15.5. The molecule has 25 heavy (non-hydrogen) atoms. The number of hydrogen-bond donors (Lipinski definition) is 1. The van der Waals surface area contributed by atoms with Gasteiger partial charge in [0, 0.05) is 24.3 Å². The molecule has 1 amide bonds. The van der Waals surface area contributed by atoms with E-state index in [0.29, 0.717) is 11.4 Å². The van der Waals surface area contributed by atoms with Crippen molar-refractivity contribution in [2.75, 3.05) is 19.5 Å². The molecule has 0 heterocycles. The second-order valence-electron chi connectivity index (χ2n) is 5.83. The molecule has 0 aliphatic rings. The standard InChI is InChI=1S/C18H22N2O4S/c1-13(2)20(3)25(22,23)17-7-5-6-14(12-17)18(21)19-15-8-10-16(24-4)11-9-15/h5-13H,1-4H3,(H,19,21). The number of anilines is 1. The van der Waals surface area contributed by atoms with Crippen LogP contribution in [0.2, 0.25) is 0 Å². The third-order valence-corrected chi connectivity index (χ3v) is 5.88. The van der Waals surface area contributed by atoms with Crippen LogP contribution < -0.4 is 10.1 Å². The van der Waals surface area contributed by atoms with Crippen LogP contribution in [-0.4, -0.2) is 38.8 Å². The number of ether oxygens (including phenoxy) is 1. The van der Waals surface area contributed by atoms with E-state index in [1.165, 1.54) is 23.5 Å². The van der Waals surface area contributed by atoms with Crippen molar-refractivity contribution in [3.05, 3.63) is 54.1 Å². The number of sulfonamides is 1. The summed E-state index contributed by atoms with van der Waals surface area (Å²) in [4.78, 5) is 12.5. The van der Waals surface area contributed by atoms with E-state index in [4.69, 9.17) is 4.74 Å². The van der Waals surface area contributed by atoms with E-state index in [1.807, 2.05) is 0 Å². The Morgan fingerprint density at radius 1 is 1.12 bits per heavy atom. The fraction of sp³-hybridized carbons (Fsp3) is 0.278. The van der Waals surface area contributed by atoms with Crippen LogP contribution in [0.3, 0.4) is 0 Å². The molecule has 0 fully saturated rings. The predicted octanol–water partition coefficient (Wildman–Crippen LogP) is 2.98. The molecule has 0 atom stereocenters. The van der Waals surface area contributed by atoms with Crippen LogP contribution in [0.4, 0.5) is 5.69 Å². The van der Waals surface area contributed by atoms with Crippen molar-refractivity contribution in [3.8, 4) is 5.75 Å². The SMILES string of the molecule is COc1ccc(NC(=O)c2cccc(S(=O)(=O)N(C)C(C)C)c2)cc1. The maximum atomic E-state index is 12.6. The van der Waals surface area contributed by atoms with Crippen LogP contribution in [0.1, 0.15) is 24.2 Å². The second kappa shape index (κ2) is 7.67. The number of nitrogens with one attached hydrogen (secondary N) is 1. The van der Waals surface area contributed by atoms with Crippen molar-refractivity contribution in [1.29, 1.82) is 0 Å². The molecule has 0 saturated heterocycles. The molecule has 2 aromatic carbocycles. The van der Waals surface area contributed by atoms with E-state index in [9.17, 15) is 13.2 Å². The molecule has 0 aromatic heterocycles. The highest BCUT2D eigenvalue weighted by molar-refractivity contribution is 7.89. The Kier molecular flexibility index (Phi) is 5.81. The van der Waals surface area contributed by atoms with E-state index in [1.54, 1.807) is 57.4 Å². The van der Waals surface area contributed by atoms with Crippen molar-refractivity contribution in [1.82, 2.24) is 4.31 Å². The summed E-state index contributed by atoms with van der Waals surface area (Å²) in [5.41, 5.74) is 0.868. The Morgan fingerprint density at radius 3 is 2.32 bits per heavy atom. The maximum absolute atomic E-state index is 12.6. The molecule has 0 spiro atoms. The van der Waals surface area contributed by atoms with Crippen LogP contribution in [0.25, 0.3) is 0 Å². The Labute approximate surface area is 148 Å². The summed E-state index contributed by atoms with van der Waals surface area (Å²) in [6, 6.07) is 12.7. The molecule has 0 bridgehead atoms. The molecular formula is C18H22N2O4S. The number of methoxy groups -OCH3 is 1. The highest BCUT2D eigenvalue weighted by atomic mass is 32.2.